The van der Waals surface area contributed by atoms with E-state index in [1.807, 2.05) is 42.5 Å². The second-order valence-electron chi connectivity index (χ2n) is 5.34. The Balaban J connectivity index is 1.65. The largest absolute Gasteiger partial charge is 0.465 e. The van der Waals surface area contributed by atoms with Crippen molar-refractivity contribution in [1.29, 1.82) is 0 Å². The van der Waals surface area contributed by atoms with Gasteiger partial charge in [-0.1, -0.05) is 36.4 Å². The number of ether oxygens (including phenoxy) is 2. The first-order chi connectivity index (χ1) is 12.7. The zero-order valence-corrected chi connectivity index (χ0v) is 14.9. The van der Waals surface area contributed by atoms with E-state index in [9.17, 15) is 9.59 Å². The third-order valence-electron chi connectivity index (χ3n) is 3.54. The molecule has 0 aliphatic heterocycles. The van der Waals surface area contributed by atoms with Gasteiger partial charge >= 0.3 is 11.9 Å². The Morgan fingerprint density at radius 1 is 0.962 bits per heavy atom. The number of carbonyl (C=O) groups excluding carboxylic acids is 2. The summed E-state index contributed by atoms with van der Waals surface area (Å²) in [5, 5.41) is 0. The first kappa shape index (κ1) is 17.6. The molecule has 0 aliphatic rings. The number of hydrogen-bond donors (Lipinski definition) is 0. The minimum atomic E-state index is -0.512. The van der Waals surface area contributed by atoms with Crippen molar-refractivity contribution >= 4 is 29.4 Å². The molecule has 130 valence electrons. The zero-order chi connectivity index (χ0) is 18.4. The average Bonchev–Trinajstić information content (AvgIpc) is 3.16. The molecule has 0 radical (unpaired) electrons. The molecule has 1 aromatic heterocycles. The fourth-order valence-corrected chi connectivity index (χ4v) is 3.22. The summed E-state index contributed by atoms with van der Waals surface area (Å²) in [5.41, 5.74) is 1.46. The van der Waals surface area contributed by atoms with Crippen LogP contribution in [0, 0.1) is 0 Å². The molecule has 0 saturated carbocycles. The highest BCUT2D eigenvalue weighted by atomic mass is 32.1. The van der Waals surface area contributed by atoms with E-state index < -0.39 is 11.9 Å². The first-order valence-corrected chi connectivity index (χ1v) is 8.71. The third-order valence-corrected chi connectivity index (χ3v) is 4.64. The average molecular weight is 364 g/mol. The van der Waals surface area contributed by atoms with Crippen molar-refractivity contribution in [3.8, 4) is 16.2 Å². The molecule has 0 spiro atoms. The van der Waals surface area contributed by atoms with E-state index in [2.05, 4.69) is 4.74 Å². The standard InChI is InChI=1S/C21H16O4S/c1-24-21(23)16-8-5-9-17(14-16)25-20(22)13-11-18-10-12-19(26-18)15-6-3-2-4-7-15/h2-14H,1H3/b13-11+. The maximum atomic E-state index is 12.0. The van der Waals surface area contributed by atoms with Crippen LogP contribution in [-0.4, -0.2) is 19.0 Å². The Morgan fingerprint density at radius 2 is 1.77 bits per heavy atom. The molecule has 3 rings (SSSR count). The summed E-state index contributed by atoms with van der Waals surface area (Å²) in [6, 6.07) is 20.3. The molecule has 0 N–H and O–H groups in total. The van der Waals surface area contributed by atoms with Crippen LogP contribution in [0.5, 0.6) is 5.75 Å². The number of rotatable bonds is 5. The van der Waals surface area contributed by atoms with Crippen LogP contribution in [0.15, 0.2) is 72.8 Å². The molecule has 26 heavy (non-hydrogen) atoms. The molecular formula is C21H16O4S. The molecule has 0 fully saturated rings. The molecule has 5 heteroatoms. The zero-order valence-electron chi connectivity index (χ0n) is 14.0. The van der Waals surface area contributed by atoms with Gasteiger partial charge < -0.3 is 9.47 Å². The SMILES string of the molecule is COC(=O)c1cccc(OC(=O)/C=C/c2ccc(-c3ccccc3)s2)c1. The van der Waals surface area contributed by atoms with Crippen LogP contribution >= 0.6 is 11.3 Å². The Hall–Kier alpha value is -3.18. The van der Waals surface area contributed by atoms with E-state index in [-0.39, 0.29) is 0 Å². The molecule has 0 aliphatic carbocycles. The van der Waals surface area contributed by atoms with Gasteiger partial charge in [-0.3, -0.25) is 0 Å². The predicted molar refractivity (Wildman–Crippen MR) is 102 cm³/mol. The van der Waals surface area contributed by atoms with E-state index in [1.165, 1.54) is 19.3 Å². The van der Waals surface area contributed by atoms with Gasteiger partial charge in [-0.05, 0) is 42.0 Å². The van der Waals surface area contributed by atoms with E-state index in [1.54, 1.807) is 35.6 Å². The molecular weight excluding hydrogens is 348 g/mol. The minimum absolute atomic E-state index is 0.290. The van der Waals surface area contributed by atoms with Crippen molar-refractivity contribution in [2.45, 2.75) is 0 Å². The Bertz CT molecular complexity index is 941. The van der Waals surface area contributed by atoms with Gasteiger partial charge in [-0.15, -0.1) is 11.3 Å². The summed E-state index contributed by atoms with van der Waals surface area (Å²) in [7, 11) is 1.30. The fraction of sp³-hybridized carbons (Fsp3) is 0.0476. The number of benzene rings is 2. The summed E-state index contributed by atoms with van der Waals surface area (Å²) < 4.78 is 9.88. The highest BCUT2D eigenvalue weighted by Crippen LogP contribution is 2.28. The number of esters is 2. The molecule has 0 atom stereocenters. The van der Waals surface area contributed by atoms with Gasteiger partial charge in [0.1, 0.15) is 5.75 Å². The van der Waals surface area contributed by atoms with Gasteiger partial charge in [0, 0.05) is 15.8 Å². The second-order valence-corrected chi connectivity index (χ2v) is 6.46. The van der Waals surface area contributed by atoms with Gasteiger partial charge in [0.15, 0.2) is 0 Å². The van der Waals surface area contributed by atoms with Crippen molar-refractivity contribution < 1.29 is 19.1 Å². The molecule has 0 saturated heterocycles. The van der Waals surface area contributed by atoms with Crippen LogP contribution in [0.4, 0.5) is 0 Å². The molecule has 0 bridgehead atoms. The summed E-state index contributed by atoms with van der Waals surface area (Å²) in [5.74, 6) is -0.703. The molecule has 2 aromatic carbocycles. The molecule has 0 amide bonds. The Kier molecular flexibility index (Phi) is 5.61. The van der Waals surface area contributed by atoms with E-state index in [0.29, 0.717) is 11.3 Å². The highest BCUT2D eigenvalue weighted by Gasteiger charge is 2.08. The van der Waals surface area contributed by atoms with Crippen molar-refractivity contribution in [2.24, 2.45) is 0 Å². The highest BCUT2D eigenvalue weighted by molar-refractivity contribution is 7.16. The van der Waals surface area contributed by atoms with Crippen molar-refractivity contribution in [2.75, 3.05) is 7.11 Å². The van der Waals surface area contributed by atoms with Crippen LogP contribution in [0.25, 0.3) is 16.5 Å². The first-order valence-electron chi connectivity index (χ1n) is 7.89. The maximum Gasteiger partial charge on any atom is 0.337 e. The fourth-order valence-electron chi connectivity index (χ4n) is 2.30. The molecule has 1 heterocycles. The minimum Gasteiger partial charge on any atom is -0.465 e. The van der Waals surface area contributed by atoms with Crippen molar-refractivity contribution in [1.82, 2.24) is 0 Å². The normalized spacial score (nSPS) is 10.7. The maximum absolute atomic E-state index is 12.0. The van der Waals surface area contributed by atoms with E-state index in [4.69, 9.17) is 4.74 Å². The Labute approximate surface area is 155 Å². The topological polar surface area (TPSA) is 52.6 Å². The molecule has 4 nitrogen and oxygen atoms in total. The van der Waals surface area contributed by atoms with Crippen LogP contribution in [0.3, 0.4) is 0 Å². The second kappa shape index (κ2) is 8.27. The number of thiophene rings is 1. The lowest BCUT2D eigenvalue weighted by Crippen LogP contribution is -2.05. The number of hydrogen-bond acceptors (Lipinski definition) is 5. The predicted octanol–water partition coefficient (Wildman–Crippen LogP) is 4.82. The lowest BCUT2D eigenvalue weighted by atomic mass is 10.2. The van der Waals surface area contributed by atoms with E-state index in [0.717, 1.165) is 15.3 Å². The molecule has 3 aromatic rings. The summed E-state index contributed by atoms with van der Waals surface area (Å²) >= 11 is 1.59. The summed E-state index contributed by atoms with van der Waals surface area (Å²) in [6.07, 6.45) is 3.08. The van der Waals surface area contributed by atoms with Crippen LogP contribution < -0.4 is 4.74 Å². The van der Waals surface area contributed by atoms with Gasteiger partial charge in [0.2, 0.25) is 0 Å². The van der Waals surface area contributed by atoms with E-state index >= 15 is 0 Å². The van der Waals surface area contributed by atoms with Gasteiger partial charge in [0.25, 0.3) is 0 Å². The van der Waals surface area contributed by atoms with Gasteiger partial charge in [0.05, 0.1) is 12.7 Å². The quantitative estimate of drug-likeness (QED) is 0.370. The lowest BCUT2D eigenvalue weighted by Gasteiger charge is -2.03. The molecule has 0 unspecified atom stereocenters. The van der Waals surface area contributed by atoms with Crippen LogP contribution in [-0.2, 0) is 9.53 Å². The Morgan fingerprint density at radius 3 is 2.54 bits per heavy atom. The summed E-state index contributed by atoms with van der Waals surface area (Å²) in [4.78, 5) is 25.6. The lowest BCUT2D eigenvalue weighted by molar-refractivity contribution is -0.128. The number of methoxy groups -OCH3 is 1. The van der Waals surface area contributed by atoms with Crippen molar-refractivity contribution in [3.63, 3.8) is 0 Å². The summed E-state index contributed by atoms with van der Waals surface area (Å²) in [6.45, 7) is 0. The monoisotopic (exact) mass is 364 g/mol. The van der Waals surface area contributed by atoms with Crippen molar-refractivity contribution in [3.05, 3.63) is 83.2 Å². The van der Waals surface area contributed by atoms with Crippen LogP contribution in [0.2, 0.25) is 0 Å². The number of carbonyl (C=O) groups is 2. The third kappa shape index (κ3) is 4.46. The van der Waals surface area contributed by atoms with Gasteiger partial charge in [-0.2, -0.15) is 0 Å². The van der Waals surface area contributed by atoms with Gasteiger partial charge in [-0.25, -0.2) is 9.59 Å². The smallest absolute Gasteiger partial charge is 0.337 e. The van der Waals surface area contributed by atoms with Crippen LogP contribution in [0.1, 0.15) is 15.2 Å².